The second kappa shape index (κ2) is 8.13. The first-order valence-corrected chi connectivity index (χ1v) is 8.81. The van der Waals surface area contributed by atoms with Crippen LogP contribution >= 0.6 is 0 Å². The third-order valence-electron chi connectivity index (χ3n) is 5.09. The van der Waals surface area contributed by atoms with Crippen LogP contribution in [-0.2, 0) is 21.5 Å². The normalized spacial score (nSPS) is 17.5. The molecule has 0 unspecified atom stereocenters. The summed E-state index contributed by atoms with van der Waals surface area (Å²) >= 11 is 0. The molecule has 0 amide bonds. The van der Waals surface area contributed by atoms with Crippen molar-refractivity contribution in [2.75, 3.05) is 20.2 Å². The summed E-state index contributed by atoms with van der Waals surface area (Å²) < 4.78 is 4.79. The zero-order chi connectivity index (χ0) is 17.5. The predicted octanol–water partition coefficient (Wildman–Crippen LogP) is 3.95. The van der Waals surface area contributed by atoms with Crippen molar-refractivity contribution in [3.05, 3.63) is 83.9 Å². The fraction of sp³-hybridized carbons (Fsp3) is 0.318. The summed E-state index contributed by atoms with van der Waals surface area (Å²) in [5.41, 5.74) is 2.53. The van der Waals surface area contributed by atoms with Gasteiger partial charge in [-0.1, -0.05) is 66.7 Å². The quantitative estimate of drug-likeness (QED) is 0.612. The van der Waals surface area contributed by atoms with Gasteiger partial charge in [0.1, 0.15) is 0 Å². The van der Waals surface area contributed by atoms with Crippen molar-refractivity contribution in [3.63, 3.8) is 0 Å². The van der Waals surface area contributed by atoms with E-state index in [1.54, 1.807) is 6.08 Å². The molecule has 1 aliphatic rings. The van der Waals surface area contributed by atoms with Crippen molar-refractivity contribution in [3.8, 4) is 0 Å². The van der Waals surface area contributed by atoms with Crippen LogP contribution in [0.3, 0.4) is 0 Å². The molecular formula is C22H25NO2. The van der Waals surface area contributed by atoms with Crippen molar-refractivity contribution >= 4 is 5.97 Å². The van der Waals surface area contributed by atoms with Crippen LogP contribution in [-0.4, -0.2) is 31.1 Å². The molecule has 1 heterocycles. The zero-order valence-electron chi connectivity index (χ0n) is 14.7. The molecule has 1 aliphatic heterocycles. The second-order valence-electron chi connectivity index (χ2n) is 6.64. The van der Waals surface area contributed by atoms with E-state index >= 15 is 0 Å². The highest BCUT2D eigenvalue weighted by molar-refractivity contribution is 5.82. The minimum Gasteiger partial charge on any atom is -0.466 e. The summed E-state index contributed by atoms with van der Waals surface area (Å²) in [4.78, 5) is 14.1. The van der Waals surface area contributed by atoms with Crippen molar-refractivity contribution in [2.45, 2.75) is 24.8 Å². The lowest BCUT2D eigenvalue weighted by atomic mass is 9.72. The Labute approximate surface area is 149 Å². The molecular weight excluding hydrogens is 310 g/mol. The number of allylic oxidation sites excluding steroid dienone is 1. The van der Waals surface area contributed by atoms with Gasteiger partial charge in [-0.05, 0) is 37.1 Å². The second-order valence-corrected chi connectivity index (χ2v) is 6.64. The number of likely N-dealkylation sites (tertiary alicyclic amines) is 1. The van der Waals surface area contributed by atoms with Gasteiger partial charge in [-0.25, -0.2) is 4.79 Å². The van der Waals surface area contributed by atoms with Crippen molar-refractivity contribution in [1.29, 1.82) is 0 Å². The molecule has 2 aromatic carbocycles. The largest absolute Gasteiger partial charge is 0.466 e. The van der Waals surface area contributed by atoms with E-state index in [2.05, 4.69) is 59.5 Å². The minimum absolute atomic E-state index is 0.0946. The van der Waals surface area contributed by atoms with Gasteiger partial charge < -0.3 is 4.74 Å². The summed E-state index contributed by atoms with van der Waals surface area (Å²) in [6.07, 6.45) is 5.63. The van der Waals surface area contributed by atoms with E-state index < -0.39 is 0 Å². The maximum absolute atomic E-state index is 11.6. The van der Waals surface area contributed by atoms with Gasteiger partial charge in [-0.15, -0.1) is 0 Å². The number of carbonyl (C=O) groups is 1. The van der Waals surface area contributed by atoms with Crippen molar-refractivity contribution < 1.29 is 9.53 Å². The Morgan fingerprint density at radius 3 is 2.24 bits per heavy atom. The Morgan fingerprint density at radius 1 is 1.04 bits per heavy atom. The lowest BCUT2D eigenvalue weighted by Crippen LogP contribution is -2.41. The van der Waals surface area contributed by atoms with Crippen LogP contribution in [0.2, 0.25) is 0 Å². The molecule has 0 aromatic heterocycles. The van der Waals surface area contributed by atoms with E-state index in [0.29, 0.717) is 0 Å². The monoisotopic (exact) mass is 335 g/mol. The topological polar surface area (TPSA) is 29.5 Å². The Morgan fingerprint density at radius 2 is 1.64 bits per heavy atom. The molecule has 2 aromatic rings. The van der Waals surface area contributed by atoms with Crippen LogP contribution in [0, 0.1) is 0 Å². The molecule has 25 heavy (non-hydrogen) atoms. The third kappa shape index (κ3) is 4.37. The minimum atomic E-state index is -0.290. The van der Waals surface area contributed by atoms with Crippen molar-refractivity contribution in [1.82, 2.24) is 4.90 Å². The molecule has 3 nitrogen and oxygen atoms in total. The molecule has 0 saturated carbocycles. The van der Waals surface area contributed by atoms with Gasteiger partial charge in [-0.3, -0.25) is 4.90 Å². The highest BCUT2D eigenvalue weighted by atomic mass is 16.5. The number of hydrogen-bond acceptors (Lipinski definition) is 3. The summed E-state index contributed by atoms with van der Waals surface area (Å²) in [5, 5.41) is 0. The van der Waals surface area contributed by atoms with E-state index in [0.717, 1.165) is 32.5 Å². The van der Waals surface area contributed by atoms with Crippen LogP contribution in [0.5, 0.6) is 0 Å². The number of benzene rings is 2. The molecule has 0 radical (unpaired) electrons. The average molecular weight is 335 g/mol. The summed E-state index contributed by atoms with van der Waals surface area (Å²) in [6, 6.07) is 21.1. The van der Waals surface area contributed by atoms with E-state index in [4.69, 9.17) is 4.74 Å². The standard InChI is InChI=1S/C22H25NO2/c1-25-21(24)12-13-22(20-10-6-3-7-11-20)14-16-23(17-15-22)18-19-8-4-2-5-9-19/h2-13H,14-18H2,1H3. The molecule has 0 bridgehead atoms. The highest BCUT2D eigenvalue weighted by Gasteiger charge is 2.34. The summed E-state index contributed by atoms with van der Waals surface area (Å²) in [5.74, 6) is -0.290. The van der Waals surface area contributed by atoms with E-state index in [1.165, 1.54) is 18.2 Å². The Kier molecular flexibility index (Phi) is 5.67. The van der Waals surface area contributed by atoms with Gasteiger partial charge in [0, 0.05) is 18.0 Å². The van der Waals surface area contributed by atoms with Crippen LogP contribution in [0.15, 0.2) is 72.8 Å². The summed E-state index contributed by atoms with van der Waals surface area (Å²) in [7, 11) is 1.42. The number of nitrogens with zero attached hydrogens (tertiary/aromatic N) is 1. The van der Waals surface area contributed by atoms with Crippen LogP contribution in [0.4, 0.5) is 0 Å². The molecule has 0 aliphatic carbocycles. The zero-order valence-corrected chi connectivity index (χ0v) is 14.7. The molecule has 1 saturated heterocycles. The Balaban J connectivity index is 1.74. The number of hydrogen-bond donors (Lipinski definition) is 0. The first kappa shape index (κ1) is 17.4. The van der Waals surface area contributed by atoms with Gasteiger partial charge in [0.2, 0.25) is 0 Å². The lowest BCUT2D eigenvalue weighted by molar-refractivity contribution is -0.134. The lowest BCUT2D eigenvalue weighted by Gasteiger charge is -2.40. The van der Waals surface area contributed by atoms with Gasteiger partial charge in [0.25, 0.3) is 0 Å². The first-order valence-electron chi connectivity index (χ1n) is 8.81. The molecule has 0 spiro atoms. The fourth-order valence-corrected chi connectivity index (χ4v) is 3.57. The number of ether oxygens (including phenoxy) is 1. The molecule has 0 N–H and O–H groups in total. The smallest absolute Gasteiger partial charge is 0.330 e. The van der Waals surface area contributed by atoms with E-state index in [-0.39, 0.29) is 11.4 Å². The number of piperidine rings is 1. The number of methoxy groups -OCH3 is 1. The summed E-state index contributed by atoms with van der Waals surface area (Å²) in [6.45, 7) is 3.00. The highest BCUT2D eigenvalue weighted by Crippen LogP contribution is 2.37. The predicted molar refractivity (Wildman–Crippen MR) is 100 cm³/mol. The van der Waals surface area contributed by atoms with E-state index in [9.17, 15) is 4.79 Å². The molecule has 130 valence electrons. The van der Waals surface area contributed by atoms with Crippen LogP contribution < -0.4 is 0 Å². The SMILES string of the molecule is COC(=O)C=CC1(c2ccccc2)CCN(Cc2ccccc2)CC1. The van der Waals surface area contributed by atoms with Gasteiger partial charge >= 0.3 is 5.97 Å². The van der Waals surface area contributed by atoms with Gasteiger partial charge in [-0.2, -0.15) is 0 Å². The third-order valence-corrected chi connectivity index (χ3v) is 5.09. The van der Waals surface area contributed by atoms with Crippen LogP contribution in [0.1, 0.15) is 24.0 Å². The number of esters is 1. The number of carbonyl (C=O) groups excluding carboxylic acids is 1. The molecule has 3 heteroatoms. The van der Waals surface area contributed by atoms with E-state index in [1.807, 2.05) is 12.1 Å². The van der Waals surface area contributed by atoms with Gasteiger partial charge in [0.15, 0.2) is 0 Å². The maximum atomic E-state index is 11.6. The Hall–Kier alpha value is -2.39. The number of rotatable bonds is 5. The first-order chi connectivity index (χ1) is 12.2. The molecule has 1 fully saturated rings. The average Bonchev–Trinajstić information content (AvgIpc) is 2.69. The Bertz CT molecular complexity index is 701. The molecule has 0 atom stereocenters. The maximum Gasteiger partial charge on any atom is 0.330 e. The van der Waals surface area contributed by atoms with Crippen LogP contribution in [0.25, 0.3) is 0 Å². The van der Waals surface area contributed by atoms with Gasteiger partial charge in [0.05, 0.1) is 7.11 Å². The fourth-order valence-electron chi connectivity index (χ4n) is 3.57. The van der Waals surface area contributed by atoms with Crippen molar-refractivity contribution in [2.24, 2.45) is 0 Å². The molecule has 3 rings (SSSR count).